The van der Waals surface area contributed by atoms with Gasteiger partial charge < -0.3 is 4.57 Å². The monoisotopic (exact) mass is 476 g/mol. The zero-order valence-corrected chi connectivity index (χ0v) is 18.6. The molecule has 0 fully saturated rings. The Hall–Kier alpha value is -1.38. The molecule has 3 rings (SSSR count). The van der Waals surface area contributed by atoms with Gasteiger partial charge in [0.05, 0.1) is 30.9 Å². The number of benzene rings is 2. The van der Waals surface area contributed by atoms with Gasteiger partial charge in [0.15, 0.2) is 14.6 Å². The molecule has 0 aliphatic rings. The molecule has 1 heterocycles. The van der Waals surface area contributed by atoms with Gasteiger partial charge in [0, 0.05) is 18.5 Å². The predicted octanol–water partition coefficient (Wildman–Crippen LogP) is 4.88. The number of aromatic nitrogens is 1. The van der Waals surface area contributed by atoms with E-state index in [-0.39, 0.29) is 23.5 Å². The number of halogens is 3. The van der Waals surface area contributed by atoms with Gasteiger partial charge in [-0.1, -0.05) is 46.1 Å². The summed E-state index contributed by atoms with van der Waals surface area (Å²) in [5.41, 5.74) is 0.705. The van der Waals surface area contributed by atoms with Crippen LogP contribution in [0.5, 0.6) is 0 Å². The van der Waals surface area contributed by atoms with Crippen molar-refractivity contribution in [3.8, 4) is 0 Å². The Morgan fingerprint density at radius 3 is 2.46 bits per heavy atom. The average molecular weight is 478 g/mol. The van der Waals surface area contributed by atoms with Crippen molar-refractivity contribution in [2.75, 3.05) is 5.75 Å². The Labute approximate surface area is 181 Å². The number of nitrogens with zero attached hydrogens (tertiary/aromatic N) is 2. The number of sulfone groups is 1. The van der Waals surface area contributed by atoms with Crippen molar-refractivity contribution in [1.29, 1.82) is 0 Å². The highest BCUT2D eigenvalue weighted by atomic mass is 35.5. The molecule has 3 aromatic rings. The van der Waals surface area contributed by atoms with Gasteiger partial charge in [-0.05, 0) is 42.8 Å². The number of thiazole rings is 1. The SMILES string of the molecule is Cn1c(=NC(=O)CCCS(=O)(=O)c2ccc(Cl)cc2)sc2ccc(Cl)c(Cl)c21. The summed E-state index contributed by atoms with van der Waals surface area (Å²) in [6.45, 7) is 0. The topological polar surface area (TPSA) is 68.5 Å². The van der Waals surface area contributed by atoms with Crippen LogP contribution >= 0.6 is 46.1 Å². The number of hydrogen-bond acceptors (Lipinski definition) is 4. The van der Waals surface area contributed by atoms with Gasteiger partial charge in [-0.25, -0.2) is 8.42 Å². The molecular formula is C18H15Cl3N2O3S2. The van der Waals surface area contributed by atoms with E-state index in [0.717, 1.165) is 4.70 Å². The van der Waals surface area contributed by atoms with E-state index in [4.69, 9.17) is 34.8 Å². The zero-order chi connectivity index (χ0) is 20.5. The van der Waals surface area contributed by atoms with E-state index >= 15 is 0 Å². The Kier molecular flexibility index (Phi) is 6.51. The quantitative estimate of drug-likeness (QED) is 0.526. The molecular weight excluding hydrogens is 463 g/mol. The van der Waals surface area contributed by atoms with Crippen molar-refractivity contribution in [1.82, 2.24) is 4.57 Å². The first-order valence-corrected chi connectivity index (χ1v) is 11.8. The molecule has 5 nitrogen and oxygen atoms in total. The summed E-state index contributed by atoms with van der Waals surface area (Å²) in [7, 11) is -1.72. The van der Waals surface area contributed by atoms with Gasteiger partial charge in [-0.15, -0.1) is 0 Å². The lowest BCUT2D eigenvalue weighted by Gasteiger charge is -2.03. The summed E-state index contributed by atoms with van der Waals surface area (Å²) >= 11 is 19.4. The molecule has 0 aliphatic heterocycles. The third kappa shape index (κ3) is 4.60. The molecule has 148 valence electrons. The summed E-state index contributed by atoms with van der Waals surface area (Å²) in [6, 6.07) is 9.46. The second-order valence-electron chi connectivity index (χ2n) is 6.03. The zero-order valence-electron chi connectivity index (χ0n) is 14.7. The van der Waals surface area contributed by atoms with Crippen molar-refractivity contribution in [2.24, 2.45) is 12.0 Å². The number of carbonyl (C=O) groups is 1. The van der Waals surface area contributed by atoms with Crippen molar-refractivity contribution in [2.45, 2.75) is 17.7 Å². The van der Waals surface area contributed by atoms with Crippen LogP contribution in [0.15, 0.2) is 46.3 Å². The lowest BCUT2D eigenvalue weighted by Crippen LogP contribution is -2.14. The van der Waals surface area contributed by atoms with E-state index < -0.39 is 15.7 Å². The fourth-order valence-corrected chi connectivity index (χ4v) is 5.59. The van der Waals surface area contributed by atoms with Crippen LogP contribution in [-0.4, -0.2) is 24.6 Å². The first-order valence-electron chi connectivity index (χ1n) is 8.18. The summed E-state index contributed by atoms with van der Waals surface area (Å²) in [4.78, 5) is 17.0. The van der Waals surface area contributed by atoms with Crippen LogP contribution in [0.2, 0.25) is 15.1 Å². The van der Waals surface area contributed by atoms with Crippen LogP contribution in [0, 0.1) is 0 Å². The standard InChI is InChI=1S/C18H15Cl3N2O3S2/c1-23-17-14(9-8-13(20)16(17)21)27-18(23)22-15(24)3-2-10-28(25,26)12-6-4-11(19)5-7-12/h4-9H,2-3,10H2,1H3. The number of amides is 1. The summed E-state index contributed by atoms with van der Waals surface area (Å²) < 4.78 is 27.2. The maximum absolute atomic E-state index is 12.3. The van der Waals surface area contributed by atoms with Crippen LogP contribution in [0.4, 0.5) is 0 Å². The normalized spacial score (nSPS) is 12.6. The minimum atomic E-state index is -3.47. The minimum Gasteiger partial charge on any atom is -0.318 e. The molecule has 0 bridgehead atoms. The van der Waals surface area contributed by atoms with Crippen molar-refractivity contribution >= 4 is 72.1 Å². The van der Waals surface area contributed by atoms with Gasteiger partial charge in [0.2, 0.25) is 5.91 Å². The summed E-state index contributed by atoms with van der Waals surface area (Å²) in [6.07, 6.45) is 0.198. The van der Waals surface area contributed by atoms with E-state index in [2.05, 4.69) is 4.99 Å². The van der Waals surface area contributed by atoms with E-state index in [1.807, 2.05) is 6.07 Å². The van der Waals surface area contributed by atoms with Crippen LogP contribution in [-0.2, 0) is 21.7 Å². The lowest BCUT2D eigenvalue weighted by molar-refractivity contribution is -0.118. The van der Waals surface area contributed by atoms with Gasteiger partial charge >= 0.3 is 0 Å². The summed E-state index contributed by atoms with van der Waals surface area (Å²) in [5, 5.41) is 1.29. The molecule has 10 heteroatoms. The summed E-state index contributed by atoms with van der Waals surface area (Å²) in [5.74, 6) is -0.536. The Morgan fingerprint density at radius 2 is 1.79 bits per heavy atom. The first kappa shape index (κ1) is 21.3. The molecule has 1 amide bonds. The number of hydrogen-bond donors (Lipinski definition) is 0. The Balaban J connectivity index is 1.72. The fourth-order valence-electron chi connectivity index (χ4n) is 2.61. The predicted molar refractivity (Wildman–Crippen MR) is 114 cm³/mol. The molecule has 0 spiro atoms. The molecule has 0 N–H and O–H groups in total. The Bertz CT molecular complexity index is 1210. The molecule has 0 unspecified atom stereocenters. The first-order chi connectivity index (χ1) is 13.2. The van der Waals surface area contributed by atoms with Crippen LogP contribution < -0.4 is 4.80 Å². The third-order valence-electron chi connectivity index (χ3n) is 4.05. The molecule has 0 saturated heterocycles. The highest BCUT2D eigenvalue weighted by Gasteiger charge is 2.15. The number of aryl methyl sites for hydroxylation is 1. The van der Waals surface area contributed by atoms with Crippen LogP contribution in [0.25, 0.3) is 10.2 Å². The Morgan fingerprint density at radius 1 is 1.11 bits per heavy atom. The van der Waals surface area contributed by atoms with E-state index in [1.165, 1.54) is 35.6 Å². The third-order valence-corrected chi connectivity index (χ3v) is 8.01. The molecule has 28 heavy (non-hydrogen) atoms. The molecule has 0 radical (unpaired) electrons. The second-order valence-corrected chi connectivity index (χ2v) is 10.4. The van der Waals surface area contributed by atoms with Crippen molar-refractivity contribution < 1.29 is 13.2 Å². The molecule has 0 saturated carbocycles. The smallest absolute Gasteiger partial charge is 0.248 e. The maximum atomic E-state index is 12.3. The average Bonchev–Trinajstić information content (AvgIpc) is 2.95. The largest absolute Gasteiger partial charge is 0.318 e. The highest BCUT2D eigenvalue weighted by Crippen LogP contribution is 2.31. The van der Waals surface area contributed by atoms with Gasteiger partial charge in [-0.3, -0.25) is 4.79 Å². The molecule has 1 aromatic heterocycles. The van der Waals surface area contributed by atoms with E-state index in [0.29, 0.717) is 25.4 Å². The van der Waals surface area contributed by atoms with Gasteiger partial charge in [-0.2, -0.15) is 4.99 Å². The molecule has 0 atom stereocenters. The van der Waals surface area contributed by atoms with Crippen LogP contribution in [0.3, 0.4) is 0 Å². The maximum Gasteiger partial charge on any atom is 0.248 e. The van der Waals surface area contributed by atoms with Crippen LogP contribution in [0.1, 0.15) is 12.8 Å². The second kappa shape index (κ2) is 8.55. The molecule has 2 aromatic carbocycles. The van der Waals surface area contributed by atoms with Gasteiger partial charge in [0.25, 0.3) is 0 Å². The number of rotatable bonds is 5. The minimum absolute atomic E-state index is 0.0234. The van der Waals surface area contributed by atoms with Gasteiger partial charge in [0.1, 0.15) is 0 Å². The van der Waals surface area contributed by atoms with Crippen molar-refractivity contribution in [3.63, 3.8) is 0 Å². The van der Waals surface area contributed by atoms with E-state index in [9.17, 15) is 13.2 Å². The van der Waals surface area contributed by atoms with Crippen molar-refractivity contribution in [3.05, 3.63) is 56.3 Å². The highest BCUT2D eigenvalue weighted by molar-refractivity contribution is 7.91. The number of fused-ring (bicyclic) bond motifs is 1. The fraction of sp³-hybridized carbons (Fsp3) is 0.222. The van der Waals surface area contributed by atoms with E-state index in [1.54, 1.807) is 17.7 Å². The number of carbonyl (C=O) groups excluding carboxylic acids is 1. The lowest BCUT2D eigenvalue weighted by atomic mass is 10.3. The molecule has 0 aliphatic carbocycles.